The van der Waals surface area contributed by atoms with Gasteiger partial charge in [-0.05, 0) is 49.8 Å². The van der Waals surface area contributed by atoms with Gasteiger partial charge in [0.05, 0.1) is 12.4 Å². The Kier molecular flexibility index (Phi) is 7.80. The number of aliphatic imine (C=N–C) groups is 1. The maximum Gasteiger partial charge on any atom is 0.193 e. The number of nitrogens with zero attached hydrogens (tertiary/aromatic N) is 4. The van der Waals surface area contributed by atoms with E-state index in [1.807, 2.05) is 12.5 Å². The monoisotopic (exact) mass is 520 g/mol. The highest BCUT2D eigenvalue weighted by Crippen LogP contribution is 2.27. The fourth-order valence-corrected chi connectivity index (χ4v) is 4.31. The van der Waals surface area contributed by atoms with Crippen molar-refractivity contribution in [2.75, 3.05) is 26.2 Å². The van der Waals surface area contributed by atoms with Gasteiger partial charge in [-0.3, -0.25) is 4.99 Å². The molecule has 7 heteroatoms. The first-order chi connectivity index (χ1) is 14.2. The van der Waals surface area contributed by atoms with E-state index >= 15 is 0 Å². The second kappa shape index (κ2) is 10.3. The number of likely N-dealkylation sites (tertiary alicyclic amines) is 1. The zero-order valence-corrected chi connectivity index (χ0v) is 20.5. The molecule has 0 spiro atoms. The molecular weight excluding hydrogens is 487 g/mol. The van der Waals surface area contributed by atoms with Crippen LogP contribution >= 0.6 is 24.0 Å². The molecule has 2 N–H and O–H groups in total. The second-order valence-corrected chi connectivity index (χ2v) is 8.14. The third-order valence-corrected chi connectivity index (χ3v) is 6.03. The lowest BCUT2D eigenvalue weighted by Crippen LogP contribution is -2.49. The number of halogens is 1. The summed E-state index contributed by atoms with van der Waals surface area (Å²) in [5.74, 6) is 1.67. The molecule has 0 amide bonds. The van der Waals surface area contributed by atoms with Crippen LogP contribution in [0.3, 0.4) is 0 Å². The smallest absolute Gasteiger partial charge is 0.193 e. The van der Waals surface area contributed by atoms with Gasteiger partial charge in [-0.1, -0.05) is 19.1 Å². The van der Waals surface area contributed by atoms with E-state index in [4.69, 9.17) is 4.99 Å². The molecule has 0 bridgehead atoms. The molecule has 3 heterocycles. The fraction of sp³-hybridized carbons (Fsp3) is 0.478. The molecule has 0 saturated carbocycles. The summed E-state index contributed by atoms with van der Waals surface area (Å²) in [5, 5.41) is 4.81. The number of imidazole rings is 1. The molecule has 4 rings (SSSR count). The van der Waals surface area contributed by atoms with Crippen molar-refractivity contribution in [1.29, 1.82) is 0 Å². The van der Waals surface area contributed by atoms with Gasteiger partial charge in [0.2, 0.25) is 0 Å². The standard InChI is InChI=1S/C23H32N6.HI/c1-4-25-23(28-11-8-18(3)22(15-28)29-12-10-24-16-29)26-9-7-19-14-27-21-13-17(2)5-6-20(19)21;/h5-6,10,12-14,16,18,22,27H,4,7-9,11,15H2,1-3H3,(H,25,26);1H. The van der Waals surface area contributed by atoms with Crippen molar-refractivity contribution in [2.24, 2.45) is 10.9 Å². The Bertz CT molecular complexity index is 961. The Morgan fingerprint density at radius 2 is 2.23 bits per heavy atom. The summed E-state index contributed by atoms with van der Waals surface area (Å²) >= 11 is 0. The van der Waals surface area contributed by atoms with Crippen molar-refractivity contribution in [3.05, 3.63) is 54.2 Å². The average molecular weight is 520 g/mol. The van der Waals surface area contributed by atoms with Crippen LogP contribution in [-0.2, 0) is 6.42 Å². The third-order valence-electron chi connectivity index (χ3n) is 6.03. The Balaban J connectivity index is 0.00000256. The van der Waals surface area contributed by atoms with E-state index in [2.05, 4.69) is 76.1 Å². The van der Waals surface area contributed by atoms with Gasteiger partial charge in [0, 0.05) is 55.7 Å². The molecule has 162 valence electrons. The van der Waals surface area contributed by atoms with Gasteiger partial charge in [0.25, 0.3) is 0 Å². The Hall–Kier alpha value is -2.03. The zero-order chi connectivity index (χ0) is 20.2. The molecule has 2 aromatic heterocycles. The number of piperidine rings is 1. The SMILES string of the molecule is CCNC(=NCCc1c[nH]c2cc(C)ccc12)N1CCC(C)C(n2ccnc2)C1.I. The molecule has 2 atom stereocenters. The van der Waals surface area contributed by atoms with Gasteiger partial charge in [-0.25, -0.2) is 4.98 Å². The second-order valence-electron chi connectivity index (χ2n) is 8.14. The van der Waals surface area contributed by atoms with Gasteiger partial charge < -0.3 is 19.8 Å². The lowest BCUT2D eigenvalue weighted by molar-refractivity contribution is 0.189. The molecule has 1 fully saturated rings. The number of aryl methyl sites for hydroxylation is 1. The lowest BCUT2D eigenvalue weighted by atomic mass is 9.93. The van der Waals surface area contributed by atoms with Crippen LogP contribution in [0.5, 0.6) is 0 Å². The highest BCUT2D eigenvalue weighted by Gasteiger charge is 2.28. The first-order valence-electron chi connectivity index (χ1n) is 10.7. The van der Waals surface area contributed by atoms with Crippen molar-refractivity contribution >= 4 is 40.8 Å². The molecule has 1 saturated heterocycles. The number of benzene rings is 1. The van der Waals surface area contributed by atoms with E-state index in [0.717, 1.165) is 45.0 Å². The zero-order valence-electron chi connectivity index (χ0n) is 18.1. The largest absolute Gasteiger partial charge is 0.361 e. The van der Waals surface area contributed by atoms with Crippen LogP contribution in [0.1, 0.15) is 37.4 Å². The Labute approximate surface area is 196 Å². The van der Waals surface area contributed by atoms with Crippen LogP contribution in [0.4, 0.5) is 0 Å². The van der Waals surface area contributed by atoms with E-state index in [-0.39, 0.29) is 24.0 Å². The molecule has 1 aliphatic heterocycles. The quantitative estimate of drug-likeness (QED) is 0.298. The summed E-state index contributed by atoms with van der Waals surface area (Å²) in [6, 6.07) is 7.04. The lowest BCUT2D eigenvalue weighted by Gasteiger charge is -2.39. The van der Waals surface area contributed by atoms with Gasteiger partial charge in [-0.15, -0.1) is 24.0 Å². The van der Waals surface area contributed by atoms with Gasteiger partial charge in [0.15, 0.2) is 5.96 Å². The first kappa shape index (κ1) is 22.7. The van der Waals surface area contributed by atoms with E-state index in [1.54, 1.807) is 0 Å². The molecular formula is C23H33IN6. The van der Waals surface area contributed by atoms with Gasteiger partial charge in [-0.2, -0.15) is 0 Å². The Morgan fingerprint density at radius 1 is 1.37 bits per heavy atom. The van der Waals surface area contributed by atoms with Crippen molar-refractivity contribution < 1.29 is 0 Å². The predicted octanol–water partition coefficient (Wildman–Crippen LogP) is 4.38. The third kappa shape index (κ3) is 4.99. The number of H-pyrrole nitrogens is 1. The van der Waals surface area contributed by atoms with Crippen molar-refractivity contribution in [2.45, 2.75) is 39.7 Å². The molecule has 0 radical (unpaired) electrons. The first-order valence-corrected chi connectivity index (χ1v) is 10.7. The van der Waals surface area contributed by atoms with Gasteiger partial charge in [0.1, 0.15) is 0 Å². The van der Waals surface area contributed by atoms with E-state index < -0.39 is 0 Å². The minimum absolute atomic E-state index is 0. The van der Waals surface area contributed by atoms with Crippen LogP contribution < -0.4 is 5.32 Å². The van der Waals surface area contributed by atoms with Gasteiger partial charge >= 0.3 is 0 Å². The fourth-order valence-electron chi connectivity index (χ4n) is 4.31. The summed E-state index contributed by atoms with van der Waals surface area (Å²) in [5.41, 5.74) is 3.83. The average Bonchev–Trinajstić information content (AvgIpc) is 3.38. The summed E-state index contributed by atoms with van der Waals surface area (Å²) in [4.78, 5) is 15.0. The minimum atomic E-state index is 0. The molecule has 30 heavy (non-hydrogen) atoms. The normalized spacial score (nSPS) is 19.7. The van der Waals surface area contributed by atoms with Crippen LogP contribution in [-0.4, -0.2) is 51.6 Å². The summed E-state index contributed by atoms with van der Waals surface area (Å²) in [6.45, 7) is 10.3. The van der Waals surface area contributed by atoms with Crippen molar-refractivity contribution in [3.63, 3.8) is 0 Å². The number of hydrogen-bond donors (Lipinski definition) is 2. The maximum absolute atomic E-state index is 4.97. The number of guanidine groups is 1. The molecule has 1 aromatic carbocycles. The summed E-state index contributed by atoms with van der Waals surface area (Å²) < 4.78 is 2.24. The number of aromatic nitrogens is 3. The van der Waals surface area contributed by atoms with Crippen LogP contribution in [0, 0.1) is 12.8 Å². The molecule has 6 nitrogen and oxygen atoms in total. The number of hydrogen-bond acceptors (Lipinski definition) is 2. The predicted molar refractivity (Wildman–Crippen MR) is 135 cm³/mol. The molecule has 2 unspecified atom stereocenters. The summed E-state index contributed by atoms with van der Waals surface area (Å²) in [6.07, 6.45) is 10.1. The van der Waals surface area contributed by atoms with Crippen molar-refractivity contribution in [1.82, 2.24) is 24.8 Å². The van der Waals surface area contributed by atoms with Crippen LogP contribution in [0.25, 0.3) is 10.9 Å². The molecule has 1 aliphatic rings. The number of fused-ring (bicyclic) bond motifs is 1. The number of rotatable bonds is 5. The molecule has 0 aliphatic carbocycles. The van der Waals surface area contributed by atoms with E-state index in [1.165, 1.54) is 22.0 Å². The highest BCUT2D eigenvalue weighted by atomic mass is 127. The number of nitrogens with one attached hydrogen (secondary N) is 2. The minimum Gasteiger partial charge on any atom is -0.361 e. The topological polar surface area (TPSA) is 61.2 Å². The van der Waals surface area contributed by atoms with E-state index in [9.17, 15) is 0 Å². The number of aromatic amines is 1. The Morgan fingerprint density at radius 3 is 3.00 bits per heavy atom. The maximum atomic E-state index is 4.97. The van der Waals surface area contributed by atoms with Crippen molar-refractivity contribution in [3.8, 4) is 0 Å². The van der Waals surface area contributed by atoms with Crippen LogP contribution in [0.15, 0.2) is 48.1 Å². The molecule has 3 aromatic rings. The van der Waals surface area contributed by atoms with E-state index in [0.29, 0.717) is 12.0 Å². The summed E-state index contributed by atoms with van der Waals surface area (Å²) in [7, 11) is 0. The van der Waals surface area contributed by atoms with Crippen LogP contribution in [0.2, 0.25) is 0 Å². The highest BCUT2D eigenvalue weighted by molar-refractivity contribution is 14.0.